The third kappa shape index (κ3) is 20.4. The maximum atomic E-state index is 11.5. The Morgan fingerprint density at radius 1 is 0.893 bits per heavy atom. The SMILES string of the molecule is C#CCOCCOCCOCCOCCNC(=O)CONC(=O)OC(C)(C)C. The molecule has 0 saturated heterocycles. The van der Waals surface area contributed by atoms with Crippen molar-refractivity contribution in [3.63, 3.8) is 0 Å². The molecule has 0 spiro atoms. The minimum Gasteiger partial charge on any atom is -0.442 e. The topological polar surface area (TPSA) is 114 Å². The van der Waals surface area contributed by atoms with Crippen molar-refractivity contribution in [1.29, 1.82) is 0 Å². The summed E-state index contributed by atoms with van der Waals surface area (Å²) in [5.41, 5.74) is 1.39. The van der Waals surface area contributed by atoms with Crippen molar-refractivity contribution in [2.75, 3.05) is 66.0 Å². The lowest BCUT2D eigenvalue weighted by Gasteiger charge is -2.19. The quantitative estimate of drug-likeness (QED) is 0.214. The molecule has 2 N–H and O–H groups in total. The van der Waals surface area contributed by atoms with Crippen LogP contribution in [-0.2, 0) is 33.3 Å². The average Bonchev–Trinajstić information content (AvgIpc) is 2.60. The van der Waals surface area contributed by atoms with Crippen molar-refractivity contribution < 1.29 is 38.1 Å². The predicted molar refractivity (Wildman–Crippen MR) is 100 cm³/mol. The fourth-order valence-corrected chi connectivity index (χ4v) is 1.56. The molecule has 0 aliphatic rings. The molecular formula is C18H32N2O8. The average molecular weight is 404 g/mol. The number of amides is 2. The van der Waals surface area contributed by atoms with E-state index < -0.39 is 11.7 Å². The van der Waals surface area contributed by atoms with Crippen LogP contribution in [0.25, 0.3) is 0 Å². The summed E-state index contributed by atoms with van der Waals surface area (Å²) < 4.78 is 25.9. The molecule has 10 nitrogen and oxygen atoms in total. The monoisotopic (exact) mass is 404 g/mol. The molecule has 0 unspecified atom stereocenters. The highest BCUT2D eigenvalue weighted by Gasteiger charge is 2.16. The van der Waals surface area contributed by atoms with Gasteiger partial charge in [0.05, 0.1) is 46.2 Å². The second-order valence-corrected chi connectivity index (χ2v) is 6.34. The van der Waals surface area contributed by atoms with E-state index in [0.717, 1.165) is 0 Å². The van der Waals surface area contributed by atoms with Crippen LogP contribution in [0.3, 0.4) is 0 Å². The number of nitrogens with one attached hydrogen (secondary N) is 2. The molecular weight excluding hydrogens is 372 g/mol. The Morgan fingerprint density at radius 3 is 1.96 bits per heavy atom. The first-order valence-corrected chi connectivity index (χ1v) is 8.97. The first-order chi connectivity index (χ1) is 13.3. The minimum atomic E-state index is -0.758. The molecule has 0 saturated carbocycles. The van der Waals surface area contributed by atoms with Gasteiger partial charge in [-0.1, -0.05) is 5.92 Å². The number of carbonyl (C=O) groups is 2. The van der Waals surface area contributed by atoms with E-state index in [1.807, 2.05) is 5.48 Å². The highest BCUT2D eigenvalue weighted by atomic mass is 16.7. The van der Waals surface area contributed by atoms with Crippen LogP contribution >= 0.6 is 0 Å². The number of hydrogen-bond acceptors (Lipinski definition) is 8. The highest BCUT2D eigenvalue weighted by molar-refractivity contribution is 5.77. The lowest BCUT2D eigenvalue weighted by Crippen LogP contribution is -2.37. The van der Waals surface area contributed by atoms with Gasteiger partial charge in [-0.15, -0.1) is 6.42 Å². The molecule has 0 bridgehead atoms. The maximum absolute atomic E-state index is 11.5. The summed E-state index contributed by atoms with van der Waals surface area (Å²) in [6, 6.07) is 0. The van der Waals surface area contributed by atoms with E-state index in [4.69, 9.17) is 34.9 Å². The van der Waals surface area contributed by atoms with Gasteiger partial charge in [0.25, 0.3) is 0 Å². The standard InChI is InChI=1S/C18H32N2O8/c1-5-7-23-9-11-25-13-14-26-12-10-24-8-6-19-16(21)15-27-20-17(22)28-18(2,3)4/h1H,6-15H2,2-4H3,(H,19,21)(H,20,22). The Kier molecular flexibility index (Phi) is 16.0. The van der Waals surface area contributed by atoms with Gasteiger partial charge in [0.1, 0.15) is 12.2 Å². The van der Waals surface area contributed by atoms with Crippen LogP contribution < -0.4 is 10.8 Å². The fraction of sp³-hybridized carbons (Fsp3) is 0.778. The molecule has 0 radical (unpaired) electrons. The van der Waals surface area contributed by atoms with Gasteiger partial charge in [0.15, 0.2) is 6.61 Å². The van der Waals surface area contributed by atoms with Crippen LogP contribution in [0.2, 0.25) is 0 Å². The van der Waals surface area contributed by atoms with Crippen LogP contribution in [0.5, 0.6) is 0 Å². The van der Waals surface area contributed by atoms with E-state index in [9.17, 15) is 9.59 Å². The summed E-state index contributed by atoms with van der Waals surface area (Å²) >= 11 is 0. The van der Waals surface area contributed by atoms with Gasteiger partial charge in [-0.2, -0.15) is 5.48 Å². The van der Waals surface area contributed by atoms with E-state index in [0.29, 0.717) is 52.8 Å². The number of hydroxylamine groups is 1. The van der Waals surface area contributed by atoms with Crippen LogP contribution in [-0.4, -0.2) is 83.6 Å². The zero-order valence-electron chi connectivity index (χ0n) is 16.9. The molecule has 0 atom stereocenters. The third-order valence-corrected chi connectivity index (χ3v) is 2.63. The van der Waals surface area contributed by atoms with E-state index in [1.165, 1.54) is 0 Å². The van der Waals surface area contributed by atoms with Gasteiger partial charge in [-0.05, 0) is 20.8 Å². The summed E-state index contributed by atoms with van der Waals surface area (Å²) in [7, 11) is 0. The van der Waals surface area contributed by atoms with Gasteiger partial charge >= 0.3 is 6.09 Å². The molecule has 0 aromatic heterocycles. The van der Waals surface area contributed by atoms with Crippen LogP contribution in [0.4, 0.5) is 4.79 Å². The summed E-state index contributed by atoms with van der Waals surface area (Å²) in [6.07, 6.45) is 4.28. The van der Waals surface area contributed by atoms with E-state index >= 15 is 0 Å². The molecule has 0 rings (SSSR count). The zero-order chi connectivity index (χ0) is 21.1. The normalized spacial score (nSPS) is 10.9. The molecule has 28 heavy (non-hydrogen) atoms. The van der Waals surface area contributed by atoms with Crippen LogP contribution in [0.1, 0.15) is 20.8 Å². The Labute approximate surface area is 166 Å². The summed E-state index contributed by atoms with van der Waals surface area (Å²) in [5, 5.41) is 2.58. The molecule has 162 valence electrons. The predicted octanol–water partition coefficient (Wildman–Crippen LogP) is 0.259. The highest BCUT2D eigenvalue weighted by Crippen LogP contribution is 2.06. The second kappa shape index (κ2) is 17.2. The van der Waals surface area contributed by atoms with Crippen molar-refractivity contribution in [2.45, 2.75) is 26.4 Å². The van der Waals surface area contributed by atoms with E-state index in [-0.39, 0.29) is 19.1 Å². The van der Waals surface area contributed by atoms with Crippen molar-refractivity contribution in [2.24, 2.45) is 0 Å². The summed E-state index contributed by atoms with van der Waals surface area (Å²) in [4.78, 5) is 27.5. The zero-order valence-corrected chi connectivity index (χ0v) is 16.9. The number of ether oxygens (including phenoxy) is 5. The fourth-order valence-electron chi connectivity index (χ4n) is 1.56. The van der Waals surface area contributed by atoms with Crippen molar-refractivity contribution in [3.05, 3.63) is 0 Å². The van der Waals surface area contributed by atoms with Gasteiger partial charge in [0, 0.05) is 6.54 Å². The molecule has 2 amide bonds. The number of terminal acetylenes is 1. The Hall–Kier alpha value is -1.90. The summed E-state index contributed by atoms with van der Waals surface area (Å²) in [5.74, 6) is 1.98. The molecule has 0 aromatic rings. The Balaban J connectivity index is 3.30. The number of hydrogen-bond donors (Lipinski definition) is 2. The Bertz CT molecular complexity index is 459. The molecule has 0 aliphatic carbocycles. The van der Waals surface area contributed by atoms with Gasteiger partial charge < -0.3 is 29.0 Å². The number of rotatable bonds is 16. The smallest absolute Gasteiger partial charge is 0.431 e. The molecule has 10 heteroatoms. The van der Waals surface area contributed by atoms with Crippen LogP contribution in [0, 0.1) is 12.3 Å². The van der Waals surface area contributed by atoms with Crippen molar-refractivity contribution in [1.82, 2.24) is 10.8 Å². The van der Waals surface area contributed by atoms with Crippen molar-refractivity contribution >= 4 is 12.0 Å². The van der Waals surface area contributed by atoms with Gasteiger partial charge in [-0.3, -0.25) is 9.63 Å². The first kappa shape index (κ1) is 26.1. The lowest BCUT2D eigenvalue weighted by molar-refractivity contribution is -0.128. The van der Waals surface area contributed by atoms with Crippen LogP contribution in [0.15, 0.2) is 0 Å². The molecule has 0 aliphatic heterocycles. The maximum Gasteiger partial charge on any atom is 0.431 e. The largest absolute Gasteiger partial charge is 0.442 e. The summed E-state index contributed by atoms with van der Waals surface area (Å²) in [6.45, 7) is 8.44. The van der Waals surface area contributed by atoms with E-state index in [1.54, 1.807) is 20.8 Å². The third-order valence-electron chi connectivity index (χ3n) is 2.63. The van der Waals surface area contributed by atoms with Crippen molar-refractivity contribution in [3.8, 4) is 12.3 Å². The minimum absolute atomic E-state index is 0.285. The van der Waals surface area contributed by atoms with Gasteiger partial charge in [-0.25, -0.2) is 4.79 Å². The molecule has 0 fully saturated rings. The second-order valence-electron chi connectivity index (χ2n) is 6.34. The molecule has 0 aromatic carbocycles. The van der Waals surface area contributed by atoms with Gasteiger partial charge in [0.2, 0.25) is 5.91 Å². The Morgan fingerprint density at radius 2 is 1.43 bits per heavy atom. The number of carbonyl (C=O) groups excluding carboxylic acids is 2. The van der Waals surface area contributed by atoms with E-state index in [2.05, 4.69) is 11.2 Å². The molecule has 0 heterocycles. The first-order valence-electron chi connectivity index (χ1n) is 8.97. The lowest BCUT2D eigenvalue weighted by atomic mass is 10.2.